The number of morpholine rings is 2. The molecule has 9 nitrogen and oxygen atoms in total. The Morgan fingerprint density at radius 2 is 1.76 bits per heavy atom. The van der Waals surface area contributed by atoms with Gasteiger partial charge in [-0.25, -0.2) is 13.8 Å². The molecule has 0 amide bonds. The van der Waals surface area contributed by atoms with Crippen molar-refractivity contribution >= 4 is 28.4 Å². The van der Waals surface area contributed by atoms with Crippen molar-refractivity contribution in [2.45, 2.75) is 32.4 Å². The van der Waals surface area contributed by atoms with E-state index in [0.29, 0.717) is 67.8 Å². The van der Waals surface area contributed by atoms with E-state index in [1.165, 1.54) is 4.57 Å². The van der Waals surface area contributed by atoms with Crippen LogP contribution in [0.5, 0.6) is 0 Å². The first-order chi connectivity index (χ1) is 15.9. The number of hydrogen-bond donors (Lipinski definition) is 1. The number of nitrogens with zero attached hydrogens (tertiary/aromatic N) is 6. The van der Waals surface area contributed by atoms with Gasteiger partial charge in [0.1, 0.15) is 11.6 Å². The van der Waals surface area contributed by atoms with Crippen LogP contribution in [0.15, 0.2) is 24.3 Å². The van der Waals surface area contributed by atoms with Crippen LogP contribution in [0, 0.1) is 0 Å². The van der Waals surface area contributed by atoms with Crippen molar-refractivity contribution in [1.82, 2.24) is 19.5 Å². The molecule has 4 heterocycles. The van der Waals surface area contributed by atoms with Gasteiger partial charge in [0.2, 0.25) is 5.95 Å². The Hall–Kier alpha value is -3.05. The molecule has 3 aromatic rings. The van der Waals surface area contributed by atoms with Crippen LogP contribution in [0.2, 0.25) is 0 Å². The first-order valence-corrected chi connectivity index (χ1v) is 11.1. The molecule has 2 aromatic heterocycles. The van der Waals surface area contributed by atoms with Crippen molar-refractivity contribution in [2.24, 2.45) is 0 Å². The van der Waals surface area contributed by atoms with Gasteiger partial charge in [0.15, 0.2) is 5.82 Å². The predicted octanol–water partition coefficient (Wildman–Crippen LogP) is 2.79. The fourth-order valence-corrected chi connectivity index (χ4v) is 4.34. The maximum absolute atomic E-state index is 14.1. The number of nitrogens with two attached hydrogens (primary N) is 1. The Morgan fingerprint density at radius 3 is 2.52 bits per heavy atom. The van der Waals surface area contributed by atoms with Gasteiger partial charge in [0.25, 0.3) is 6.43 Å². The van der Waals surface area contributed by atoms with Crippen LogP contribution in [-0.4, -0.2) is 71.1 Å². The number of fused-ring (bicyclic) bond motifs is 1. The van der Waals surface area contributed by atoms with E-state index in [-0.39, 0.29) is 18.1 Å². The minimum atomic E-state index is -2.81. The molecule has 1 aromatic carbocycles. The van der Waals surface area contributed by atoms with Crippen LogP contribution in [-0.2, 0) is 9.47 Å². The highest BCUT2D eigenvalue weighted by Crippen LogP contribution is 2.31. The molecule has 0 saturated carbocycles. The van der Waals surface area contributed by atoms with E-state index in [2.05, 4.69) is 21.7 Å². The van der Waals surface area contributed by atoms with Crippen LogP contribution in [0.25, 0.3) is 17.0 Å². The van der Waals surface area contributed by atoms with E-state index in [0.717, 1.165) is 0 Å². The second-order valence-corrected chi connectivity index (χ2v) is 8.35. The summed E-state index contributed by atoms with van der Waals surface area (Å²) in [6.07, 6.45) is -2.80. The van der Waals surface area contributed by atoms with Crippen molar-refractivity contribution < 1.29 is 18.3 Å². The number of imidazole rings is 1. The molecule has 0 radical (unpaired) electrons. The third-order valence-corrected chi connectivity index (χ3v) is 6.30. The SMILES string of the molecule is CC1OCCN(c2cc(N3CCOCC3)nc(-n3c(C(F)F)nc4ccc(N)cc43)n2)C1C. The third-order valence-electron chi connectivity index (χ3n) is 6.30. The number of ether oxygens (including phenoxy) is 2. The second-order valence-electron chi connectivity index (χ2n) is 8.35. The quantitative estimate of drug-likeness (QED) is 0.596. The van der Waals surface area contributed by atoms with Gasteiger partial charge in [-0.3, -0.25) is 4.57 Å². The molecular formula is C22H27F2N7O2. The summed E-state index contributed by atoms with van der Waals surface area (Å²) < 4.78 is 40.7. The first-order valence-electron chi connectivity index (χ1n) is 11.1. The molecular weight excluding hydrogens is 432 g/mol. The van der Waals surface area contributed by atoms with E-state index < -0.39 is 12.2 Å². The number of hydrogen-bond acceptors (Lipinski definition) is 8. The monoisotopic (exact) mass is 459 g/mol. The van der Waals surface area contributed by atoms with Gasteiger partial charge in [-0.2, -0.15) is 9.97 Å². The summed E-state index contributed by atoms with van der Waals surface area (Å²) in [7, 11) is 0. The van der Waals surface area contributed by atoms with Gasteiger partial charge in [-0.05, 0) is 32.0 Å². The molecule has 2 aliphatic heterocycles. The highest BCUT2D eigenvalue weighted by Gasteiger charge is 2.29. The van der Waals surface area contributed by atoms with Crippen LogP contribution in [0.1, 0.15) is 26.1 Å². The molecule has 2 N–H and O–H groups in total. The summed E-state index contributed by atoms with van der Waals surface area (Å²) in [5, 5.41) is 0. The lowest BCUT2D eigenvalue weighted by molar-refractivity contribution is 0.0281. The van der Waals surface area contributed by atoms with Crippen LogP contribution >= 0.6 is 0 Å². The highest BCUT2D eigenvalue weighted by molar-refractivity contribution is 5.81. The van der Waals surface area contributed by atoms with E-state index >= 15 is 0 Å². The van der Waals surface area contributed by atoms with Crippen molar-refractivity contribution in [1.29, 1.82) is 0 Å². The molecule has 2 atom stereocenters. The minimum absolute atomic E-state index is 0.00880. The number of alkyl halides is 2. The number of benzene rings is 1. The third kappa shape index (κ3) is 4.06. The molecule has 2 unspecified atom stereocenters. The number of halogens is 2. The lowest BCUT2D eigenvalue weighted by Gasteiger charge is -2.39. The smallest absolute Gasteiger partial charge is 0.296 e. The molecule has 11 heteroatoms. The Kier molecular flexibility index (Phi) is 5.75. The van der Waals surface area contributed by atoms with Gasteiger partial charge in [-0.1, -0.05) is 0 Å². The average molecular weight is 460 g/mol. The fourth-order valence-electron chi connectivity index (χ4n) is 4.34. The number of nitrogen functional groups attached to an aromatic ring is 1. The summed E-state index contributed by atoms with van der Waals surface area (Å²) in [4.78, 5) is 17.8. The second kappa shape index (κ2) is 8.71. The zero-order valence-electron chi connectivity index (χ0n) is 18.6. The van der Waals surface area contributed by atoms with Gasteiger partial charge in [0.05, 0.1) is 43.0 Å². The summed E-state index contributed by atoms with van der Waals surface area (Å²) >= 11 is 0. The van der Waals surface area contributed by atoms with Crippen molar-refractivity contribution in [2.75, 3.05) is 55.0 Å². The lowest BCUT2D eigenvalue weighted by atomic mass is 10.1. The standard InChI is InChI=1S/C22H27F2N7O2/c1-13-14(2)33-10-7-30(13)19-12-18(29-5-8-32-9-6-29)27-22(28-19)31-17-11-15(25)3-4-16(17)26-21(31)20(23)24/h3-4,11-14,20H,5-10,25H2,1-2H3. The number of aromatic nitrogens is 4. The predicted molar refractivity (Wildman–Crippen MR) is 121 cm³/mol. The molecule has 2 fully saturated rings. The molecule has 5 rings (SSSR count). The summed E-state index contributed by atoms with van der Waals surface area (Å²) in [6, 6.07) is 6.87. The molecule has 0 spiro atoms. The Balaban J connectivity index is 1.70. The van der Waals surface area contributed by atoms with Gasteiger partial charge < -0.3 is 25.0 Å². The van der Waals surface area contributed by atoms with Crippen LogP contribution < -0.4 is 15.5 Å². The molecule has 33 heavy (non-hydrogen) atoms. The van der Waals surface area contributed by atoms with Gasteiger partial charge in [-0.15, -0.1) is 0 Å². The molecule has 0 bridgehead atoms. The zero-order valence-corrected chi connectivity index (χ0v) is 18.6. The van der Waals surface area contributed by atoms with E-state index in [1.54, 1.807) is 18.2 Å². The van der Waals surface area contributed by atoms with Gasteiger partial charge >= 0.3 is 0 Å². The summed E-state index contributed by atoms with van der Waals surface area (Å²) in [5.41, 5.74) is 7.27. The van der Waals surface area contributed by atoms with E-state index in [1.807, 2.05) is 13.0 Å². The van der Waals surface area contributed by atoms with E-state index in [9.17, 15) is 8.78 Å². The first kappa shape index (κ1) is 21.8. The summed E-state index contributed by atoms with van der Waals surface area (Å²) in [5.74, 6) is 1.05. The molecule has 176 valence electrons. The molecule has 0 aliphatic carbocycles. The molecule has 2 aliphatic rings. The molecule has 2 saturated heterocycles. The van der Waals surface area contributed by atoms with Gasteiger partial charge in [0, 0.05) is 31.4 Å². The normalized spacial score (nSPS) is 21.8. The van der Waals surface area contributed by atoms with Crippen LogP contribution in [0.3, 0.4) is 0 Å². The number of anilines is 3. The topological polar surface area (TPSA) is 94.6 Å². The largest absolute Gasteiger partial charge is 0.399 e. The minimum Gasteiger partial charge on any atom is -0.399 e. The van der Waals surface area contributed by atoms with Crippen molar-refractivity contribution in [3.63, 3.8) is 0 Å². The Morgan fingerprint density at radius 1 is 1.00 bits per heavy atom. The summed E-state index contributed by atoms with van der Waals surface area (Å²) in [6.45, 7) is 7.75. The maximum atomic E-state index is 14.1. The Bertz CT molecular complexity index is 1150. The highest BCUT2D eigenvalue weighted by atomic mass is 19.3. The number of rotatable bonds is 4. The maximum Gasteiger partial charge on any atom is 0.296 e. The van der Waals surface area contributed by atoms with Crippen LogP contribution in [0.4, 0.5) is 26.1 Å². The van der Waals surface area contributed by atoms with E-state index in [4.69, 9.17) is 25.2 Å². The fraction of sp³-hybridized carbons (Fsp3) is 0.500. The zero-order chi connectivity index (χ0) is 23.1. The Labute approximate surface area is 190 Å². The van der Waals surface area contributed by atoms with Crippen molar-refractivity contribution in [3.8, 4) is 5.95 Å². The average Bonchev–Trinajstić information content (AvgIpc) is 3.20. The van der Waals surface area contributed by atoms with Crippen molar-refractivity contribution in [3.05, 3.63) is 30.1 Å². The lowest BCUT2D eigenvalue weighted by Crippen LogP contribution is -2.49.